The molecule has 0 bridgehead atoms. The van der Waals surface area contributed by atoms with Gasteiger partial charge in [-0.15, -0.1) is 0 Å². The minimum absolute atomic E-state index is 0.0771. The van der Waals surface area contributed by atoms with Gasteiger partial charge >= 0.3 is 0 Å². The van der Waals surface area contributed by atoms with E-state index in [-0.39, 0.29) is 5.91 Å². The van der Waals surface area contributed by atoms with Crippen molar-refractivity contribution in [3.8, 4) is 0 Å². The maximum absolute atomic E-state index is 12.3. The van der Waals surface area contributed by atoms with E-state index < -0.39 is 5.60 Å². The van der Waals surface area contributed by atoms with Crippen LogP contribution in [0.15, 0.2) is 47.3 Å². The number of furan rings is 1. The standard InChI is InChI=1S/C18H20ClNO3/c19-16-3-1-2-15(10-16)11-18(22)7-8-20(13-18)17(21)5-4-14-6-9-23-12-14/h1-3,6,9-10,12,22H,4-5,7-8,11,13H2. The van der Waals surface area contributed by atoms with Crippen LogP contribution >= 0.6 is 11.6 Å². The predicted octanol–water partition coefficient (Wildman–Crippen LogP) is 3.07. The highest BCUT2D eigenvalue weighted by atomic mass is 35.5. The van der Waals surface area contributed by atoms with Crippen molar-refractivity contribution < 1.29 is 14.3 Å². The Bertz CT molecular complexity index is 671. The molecule has 1 aliphatic heterocycles. The summed E-state index contributed by atoms with van der Waals surface area (Å²) in [5, 5.41) is 11.4. The Kier molecular flexibility index (Phi) is 4.74. The summed E-state index contributed by atoms with van der Waals surface area (Å²) < 4.78 is 5.01. The van der Waals surface area contributed by atoms with E-state index in [0.29, 0.717) is 43.8 Å². The van der Waals surface area contributed by atoms with E-state index in [0.717, 1.165) is 11.1 Å². The predicted molar refractivity (Wildman–Crippen MR) is 88.3 cm³/mol. The number of nitrogens with zero attached hydrogens (tertiary/aromatic N) is 1. The molecule has 4 nitrogen and oxygen atoms in total. The summed E-state index contributed by atoms with van der Waals surface area (Å²) in [6.07, 6.45) is 5.48. The van der Waals surface area contributed by atoms with Crippen LogP contribution in [0.4, 0.5) is 0 Å². The smallest absolute Gasteiger partial charge is 0.223 e. The lowest BCUT2D eigenvalue weighted by Crippen LogP contribution is -2.37. The number of benzene rings is 1. The van der Waals surface area contributed by atoms with E-state index in [1.54, 1.807) is 17.4 Å². The van der Waals surface area contributed by atoms with Crippen LogP contribution in [0.25, 0.3) is 0 Å². The Morgan fingerprint density at radius 2 is 2.22 bits per heavy atom. The van der Waals surface area contributed by atoms with E-state index in [1.165, 1.54) is 0 Å². The number of amides is 1. The van der Waals surface area contributed by atoms with Crippen molar-refractivity contribution in [2.24, 2.45) is 0 Å². The van der Waals surface area contributed by atoms with Crippen molar-refractivity contribution in [1.82, 2.24) is 4.90 Å². The number of halogens is 1. The van der Waals surface area contributed by atoms with Crippen LogP contribution in [-0.2, 0) is 17.6 Å². The zero-order valence-corrected chi connectivity index (χ0v) is 13.6. The summed E-state index contributed by atoms with van der Waals surface area (Å²) in [7, 11) is 0. The molecule has 1 aromatic heterocycles. The first-order valence-electron chi connectivity index (χ1n) is 7.80. The molecule has 5 heteroatoms. The summed E-state index contributed by atoms with van der Waals surface area (Å²) in [4.78, 5) is 14.1. The van der Waals surface area contributed by atoms with Crippen LogP contribution in [0.1, 0.15) is 24.0 Å². The van der Waals surface area contributed by atoms with Crippen molar-refractivity contribution in [2.75, 3.05) is 13.1 Å². The van der Waals surface area contributed by atoms with Gasteiger partial charge in [0.15, 0.2) is 0 Å². The molecule has 3 rings (SSSR count). The molecule has 2 heterocycles. The van der Waals surface area contributed by atoms with Gasteiger partial charge in [0.1, 0.15) is 0 Å². The van der Waals surface area contributed by atoms with E-state index in [4.69, 9.17) is 16.0 Å². The van der Waals surface area contributed by atoms with Gasteiger partial charge in [0, 0.05) is 31.0 Å². The molecule has 0 spiro atoms. The van der Waals surface area contributed by atoms with Crippen LogP contribution in [0.5, 0.6) is 0 Å². The van der Waals surface area contributed by atoms with Gasteiger partial charge in [0.05, 0.1) is 18.1 Å². The molecule has 0 radical (unpaired) electrons. The van der Waals surface area contributed by atoms with Gasteiger partial charge in [0.2, 0.25) is 5.91 Å². The highest BCUT2D eigenvalue weighted by molar-refractivity contribution is 6.30. The fraction of sp³-hybridized carbons (Fsp3) is 0.389. The average molecular weight is 334 g/mol. The third kappa shape index (κ3) is 4.15. The van der Waals surface area contributed by atoms with Gasteiger partial charge in [-0.1, -0.05) is 23.7 Å². The molecular formula is C18H20ClNO3. The van der Waals surface area contributed by atoms with Crippen LogP contribution < -0.4 is 0 Å². The topological polar surface area (TPSA) is 53.7 Å². The van der Waals surface area contributed by atoms with Crippen LogP contribution in [0, 0.1) is 0 Å². The first-order valence-corrected chi connectivity index (χ1v) is 8.18. The van der Waals surface area contributed by atoms with Crippen LogP contribution in [0.3, 0.4) is 0 Å². The lowest BCUT2D eigenvalue weighted by atomic mass is 9.94. The van der Waals surface area contributed by atoms with Gasteiger partial charge in [-0.25, -0.2) is 0 Å². The molecule has 0 aliphatic carbocycles. The van der Waals surface area contributed by atoms with Crippen LogP contribution in [0.2, 0.25) is 5.02 Å². The first-order chi connectivity index (χ1) is 11.0. The summed E-state index contributed by atoms with van der Waals surface area (Å²) in [6.45, 7) is 0.977. The summed E-state index contributed by atoms with van der Waals surface area (Å²) in [5.41, 5.74) is 1.15. The number of likely N-dealkylation sites (tertiary alicyclic amines) is 1. The van der Waals surface area contributed by atoms with Gasteiger partial charge < -0.3 is 14.4 Å². The second-order valence-electron chi connectivity index (χ2n) is 6.23. The third-order valence-corrected chi connectivity index (χ3v) is 4.55. The van der Waals surface area contributed by atoms with Crippen LogP contribution in [-0.4, -0.2) is 34.6 Å². The van der Waals surface area contributed by atoms with Crippen molar-refractivity contribution in [3.05, 3.63) is 59.0 Å². The lowest BCUT2D eigenvalue weighted by Gasteiger charge is -2.23. The van der Waals surface area contributed by atoms with E-state index in [1.807, 2.05) is 30.3 Å². The minimum atomic E-state index is -0.865. The molecule has 1 unspecified atom stereocenters. The summed E-state index contributed by atoms with van der Waals surface area (Å²) >= 11 is 5.99. The van der Waals surface area contributed by atoms with E-state index >= 15 is 0 Å². The minimum Gasteiger partial charge on any atom is -0.472 e. The summed E-state index contributed by atoms with van der Waals surface area (Å²) in [5.74, 6) is 0.0771. The van der Waals surface area contributed by atoms with Gasteiger partial charge in [-0.2, -0.15) is 0 Å². The molecule has 1 amide bonds. The number of aryl methyl sites for hydroxylation is 1. The number of aliphatic hydroxyl groups is 1. The largest absolute Gasteiger partial charge is 0.472 e. The Morgan fingerprint density at radius 3 is 2.96 bits per heavy atom. The Morgan fingerprint density at radius 1 is 1.35 bits per heavy atom. The fourth-order valence-corrected chi connectivity index (χ4v) is 3.30. The molecule has 0 saturated carbocycles. The molecule has 23 heavy (non-hydrogen) atoms. The van der Waals surface area contributed by atoms with Crippen molar-refractivity contribution in [2.45, 2.75) is 31.3 Å². The molecule has 1 N–H and O–H groups in total. The third-order valence-electron chi connectivity index (χ3n) is 4.31. The lowest BCUT2D eigenvalue weighted by molar-refractivity contribution is -0.131. The van der Waals surface area contributed by atoms with Crippen molar-refractivity contribution in [3.63, 3.8) is 0 Å². The molecular weight excluding hydrogens is 314 g/mol. The maximum atomic E-state index is 12.3. The van der Waals surface area contributed by atoms with Gasteiger partial charge in [-0.3, -0.25) is 4.79 Å². The fourth-order valence-electron chi connectivity index (χ4n) is 3.08. The highest BCUT2D eigenvalue weighted by Crippen LogP contribution is 2.27. The SMILES string of the molecule is O=C(CCc1ccoc1)N1CCC(O)(Cc2cccc(Cl)c2)C1. The van der Waals surface area contributed by atoms with Gasteiger partial charge in [0.25, 0.3) is 0 Å². The first kappa shape index (κ1) is 16.1. The monoisotopic (exact) mass is 333 g/mol. The maximum Gasteiger partial charge on any atom is 0.223 e. The average Bonchev–Trinajstić information content (AvgIpc) is 3.14. The molecule has 122 valence electrons. The zero-order valence-electron chi connectivity index (χ0n) is 12.9. The Labute approximate surface area is 140 Å². The quantitative estimate of drug-likeness (QED) is 0.915. The van der Waals surface area contributed by atoms with E-state index in [2.05, 4.69) is 0 Å². The van der Waals surface area contributed by atoms with E-state index in [9.17, 15) is 9.90 Å². The van der Waals surface area contributed by atoms with Gasteiger partial charge in [-0.05, 0) is 42.2 Å². The Balaban J connectivity index is 1.55. The Hall–Kier alpha value is -1.78. The number of carbonyl (C=O) groups excluding carboxylic acids is 1. The number of hydrogen-bond acceptors (Lipinski definition) is 3. The van der Waals surface area contributed by atoms with Crippen molar-refractivity contribution >= 4 is 17.5 Å². The second kappa shape index (κ2) is 6.77. The zero-order chi connectivity index (χ0) is 16.3. The molecule has 1 aliphatic rings. The normalized spacial score (nSPS) is 20.9. The molecule has 2 aromatic rings. The summed E-state index contributed by atoms with van der Waals surface area (Å²) in [6, 6.07) is 9.38. The molecule has 1 saturated heterocycles. The number of hydrogen-bond donors (Lipinski definition) is 1. The number of rotatable bonds is 5. The number of β-amino-alcohol motifs (C(OH)–C–C–N with tert-alkyl or cyclic N) is 1. The van der Waals surface area contributed by atoms with Crippen molar-refractivity contribution in [1.29, 1.82) is 0 Å². The second-order valence-corrected chi connectivity index (χ2v) is 6.66. The highest BCUT2D eigenvalue weighted by Gasteiger charge is 2.37. The molecule has 1 fully saturated rings. The molecule has 1 atom stereocenters. The molecule has 1 aromatic carbocycles. The number of carbonyl (C=O) groups is 1.